The second-order valence-electron chi connectivity index (χ2n) is 6.23. The number of carbonyl (C=O) groups is 1. The number of nitrogens with zero attached hydrogens (tertiary/aromatic N) is 2. The molecule has 0 aromatic heterocycles. The molecule has 0 aliphatic carbocycles. The van der Waals surface area contributed by atoms with Crippen molar-refractivity contribution in [3.05, 3.63) is 0 Å². The number of hydrogen-bond donors (Lipinski definition) is 1. The van der Waals surface area contributed by atoms with Gasteiger partial charge in [-0.3, -0.25) is 9.69 Å². The first-order valence-corrected chi connectivity index (χ1v) is 8.23. The highest BCUT2D eigenvalue weighted by molar-refractivity contribution is 5.85. The number of halogens is 2. The van der Waals surface area contributed by atoms with Gasteiger partial charge in [0.15, 0.2) is 0 Å². The number of rotatable bonds is 4. The van der Waals surface area contributed by atoms with Crippen LogP contribution in [0.5, 0.6) is 0 Å². The lowest BCUT2D eigenvalue weighted by atomic mass is 10.1. The van der Waals surface area contributed by atoms with E-state index in [1.165, 1.54) is 0 Å². The zero-order valence-electron chi connectivity index (χ0n) is 13.6. The number of carbonyl (C=O) groups excluding carboxylic acids is 1. The fourth-order valence-electron chi connectivity index (χ4n) is 3.51. The zero-order valence-corrected chi connectivity index (χ0v) is 15.2. The molecule has 3 aliphatic rings. The first-order valence-electron chi connectivity index (χ1n) is 8.23. The summed E-state index contributed by atoms with van der Waals surface area (Å²) in [6.45, 7) is 7.84. The summed E-state index contributed by atoms with van der Waals surface area (Å²) in [5, 5.41) is 3.37. The predicted octanol–water partition coefficient (Wildman–Crippen LogP) is 0.532. The van der Waals surface area contributed by atoms with Crippen molar-refractivity contribution < 1.29 is 14.3 Å². The van der Waals surface area contributed by atoms with Crippen molar-refractivity contribution >= 4 is 30.7 Å². The highest BCUT2D eigenvalue weighted by Crippen LogP contribution is 2.20. The van der Waals surface area contributed by atoms with Crippen LogP contribution in [-0.4, -0.2) is 86.9 Å². The van der Waals surface area contributed by atoms with Crippen molar-refractivity contribution in [2.75, 3.05) is 59.2 Å². The van der Waals surface area contributed by atoms with Crippen molar-refractivity contribution in [1.82, 2.24) is 15.1 Å². The molecule has 8 heteroatoms. The lowest BCUT2D eigenvalue weighted by Gasteiger charge is -2.34. The van der Waals surface area contributed by atoms with Crippen molar-refractivity contribution in [2.45, 2.75) is 31.3 Å². The van der Waals surface area contributed by atoms with Gasteiger partial charge in [-0.1, -0.05) is 0 Å². The van der Waals surface area contributed by atoms with Gasteiger partial charge < -0.3 is 19.7 Å². The summed E-state index contributed by atoms with van der Waals surface area (Å²) in [4.78, 5) is 17.1. The third kappa shape index (κ3) is 6.03. The highest BCUT2D eigenvalue weighted by Gasteiger charge is 2.31. The van der Waals surface area contributed by atoms with Crippen LogP contribution < -0.4 is 5.32 Å². The Hall–Kier alpha value is -0.110. The Morgan fingerprint density at radius 3 is 2.57 bits per heavy atom. The van der Waals surface area contributed by atoms with E-state index in [0.29, 0.717) is 19.1 Å². The van der Waals surface area contributed by atoms with Crippen molar-refractivity contribution in [3.8, 4) is 0 Å². The summed E-state index contributed by atoms with van der Waals surface area (Å²) < 4.78 is 10.8. The van der Waals surface area contributed by atoms with E-state index < -0.39 is 0 Å². The first-order chi connectivity index (χ1) is 10.3. The van der Waals surface area contributed by atoms with Crippen molar-refractivity contribution in [3.63, 3.8) is 0 Å². The van der Waals surface area contributed by atoms with Gasteiger partial charge in [0.05, 0.1) is 26.4 Å². The molecule has 3 heterocycles. The van der Waals surface area contributed by atoms with Gasteiger partial charge in [-0.05, 0) is 12.8 Å². The standard InChI is InChI=1S/C15H27N3O3.2ClH/c19-15(10-13-12-21-7-3-16-13)18-4-1-2-14(18)11-17-5-8-20-9-6-17;;/h13-14,16H,1-12H2;2*1H. The van der Waals surface area contributed by atoms with Crippen LogP contribution in [0.3, 0.4) is 0 Å². The minimum atomic E-state index is 0. The third-order valence-electron chi connectivity index (χ3n) is 4.69. The number of nitrogens with one attached hydrogen (secondary N) is 1. The molecule has 0 bridgehead atoms. The molecule has 136 valence electrons. The predicted molar refractivity (Wildman–Crippen MR) is 93.7 cm³/mol. The Bertz CT molecular complexity index is 351. The van der Waals surface area contributed by atoms with Crippen LogP contribution in [-0.2, 0) is 14.3 Å². The van der Waals surface area contributed by atoms with Gasteiger partial charge in [-0.15, -0.1) is 24.8 Å². The van der Waals surface area contributed by atoms with E-state index in [1.807, 2.05) is 0 Å². The van der Waals surface area contributed by atoms with Crippen molar-refractivity contribution in [2.24, 2.45) is 0 Å². The molecule has 1 N–H and O–H groups in total. The van der Waals surface area contributed by atoms with Crippen LogP contribution >= 0.6 is 24.8 Å². The van der Waals surface area contributed by atoms with Gasteiger partial charge in [0.1, 0.15) is 0 Å². The maximum Gasteiger partial charge on any atom is 0.224 e. The average molecular weight is 370 g/mol. The number of morpholine rings is 2. The van der Waals surface area contributed by atoms with Crippen LogP contribution in [0.25, 0.3) is 0 Å². The van der Waals surface area contributed by atoms with Gasteiger partial charge in [-0.25, -0.2) is 0 Å². The smallest absolute Gasteiger partial charge is 0.224 e. The first kappa shape index (κ1) is 20.9. The van der Waals surface area contributed by atoms with Crippen molar-refractivity contribution in [1.29, 1.82) is 0 Å². The summed E-state index contributed by atoms with van der Waals surface area (Å²) in [6, 6.07) is 0.580. The molecular weight excluding hydrogens is 341 g/mol. The van der Waals surface area contributed by atoms with E-state index in [2.05, 4.69) is 15.1 Å². The van der Waals surface area contributed by atoms with E-state index >= 15 is 0 Å². The Kier molecular flexibility index (Phi) is 9.73. The Labute approximate surface area is 151 Å². The summed E-state index contributed by atoms with van der Waals surface area (Å²) in [5.41, 5.74) is 0. The van der Waals surface area contributed by atoms with Gasteiger partial charge in [0, 0.05) is 51.2 Å². The normalized spacial score (nSPS) is 28.8. The lowest BCUT2D eigenvalue weighted by Crippen LogP contribution is -2.49. The van der Waals surface area contributed by atoms with E-state index in [1.54, 1.807) is 0 Å². The topological polar surface area (TPSA) is 54.0 Å². The molecule has 2 atom stereocenters. The SMILES string of the molecule is Cl.Cl.O=C(CC1COCCN1)N1CCCC1CN1CCOCC1. The zero-order chi connectivity index (χ0) is 14.5. The summed E-state index contributed by atoms with van der Waals surface area (Å²) in [7, 11) is 0. The minimum absolute atomic E-state index is 0. The van der Waals surface area contributed by atoms with Gasteiger partial charge in [0.25, 0.3) is 0 Å². The largest absolute Gasteiger partial charge is 0.379 e. The van der Waals surface area contributed by atoms with Crippen LogP contribution in [0, 0.1) is 0 Å². The van der Waals surface area contributed by atoms with Gasteiger partial charge >= 0.3 is 0 Å². The Morgan fingerprint density at radius 2 is 1.87 bits per heavy atom. The fraction of sp³-hybridized carbons (Fsp3) is 0.933. The molecule has 0 aromatic carbocycles. The molecule has 0 radical (unpaired) electrons. The molecule has 23 heavy (non-hydrogen) atoms. The van der Waals surface area contributed by atoms with Crippen LogP contribution in [0.2, 0.25) is 0 Å². The quantitative estimate of drug-likeness (QED) is 0.783. The molecule has 3 rings (SSSR count). The highest BCUT2D eigenvalue weighted by atomic mass is 35.5. The molecule has 0 aromatic rings. The summed E-state index contributed by atoms with van der Waals surface area (Å²) in [6.07, 6.45) is 2.84. The number of amides is 1. The van der Waals surface area contributed by atoms with Crippen LogP contribution in [0.15, 0.2) is 0 Å². The molecule has 2 unspecified atom stereocenters. The second-order valence-corrected chi connectivity index (χ2v) is 6.23. The average Bonchev–Trinajstić information content (AvgIpc) is 2.97. The van der Waals surface area contributed by atoms with Gasteiger partial charge in [-0.2, -0.15) is 0 Å². The van der Waals surface area contributed by atoms with Gasteiger partial charge in [0.2, 0.25) is 5.91 Å². The minimum Gasteiger partial charge on any atom is -0.379 e. The third-order valence-corrected chi connectivity index (χ3v) is 4.69. The van der Waals surface area contributed by atoms with Crippen LogP contribution in [0.1, 0.15) is 19.3 Å². The maximum atomic E-state index is 12.6. The monoisotopic (exact) mass is 369 g/mol. The lowest BCUT2D eigenvalue weighted by molar-refractivity contribution is -0.133. The van der Waals surface area contributed by atoms with E-state index in [4.69, 9.17) is 9.47 Å². The summed E-state index contributed by atoms with van der Waals surface area (Å²) >= 11 is 0. The molecule has 3 saturated heterocycles. The molecular formula is C15H29Cl2N3O3. The number of ether oxygens (including phenoxy) is 2. The molecule has 0 saturated carbocycles. The number of likely N-dealkylation sites (tertiary alicyclic amines) is 1. The molecule has 3 fully saturated rings. The molecule has 0 spiro atoms. The Morgan fingerprint density at radius 1 is 1.09 bits per heavy atom. The number of hydrogen-bond acceptors (Lipinski definition) is 5. The van der Waals surface area contributed by atoms with E-state index in [0.717, 1.165) is 65.4 Å². The Balaban J connectivity index is 0.00000132. The van der Waals surface area contributed by atoms with E-state index in [9.17, 15) is 4.79 Å². The molecule has 6 nitrogen and oxygen atoms in total. The summed E-state index contributed by atoms with van der Waals surface area (Å²) in [5.74, 6) is 0.286. The maximum absolute atomic E-state index is 12.6. The fourth-order valence-corrected chi connectivity index (χ4v) is 3.51. The molecule has 3 aliphatic heterocycles. The second kappa shape index (κ2) is 10.7. The van der Waals surface area contributed by atoms with E-state index in [-0.39, 0.29) is 36.8 Å². The van der Waals surface area contributed by atoms with Crippen LogP contribution in [0.4, 0.5) is 0 Å². The molecule has 1 amide bonds.